The second-order valence-corrected chi connectivity index (χ2v) is 13.6. The summed E-state index contributed by atoms with van der Waals surface area (Å²) in [6, 6.07) is 9.51. The quantitative estimate of drug-likeness (QED) is 0.102. The van der Waals surface area contributed by atoms with Gasteiger partial charge in [-0.3, -0.25) is 18.9 Å². The van der Waals surface area contributed by atoms with Crippen molar-refractivity contribution in [2.45, 2.75) is 30.3 Å². The lowest BCUT2D eigenvalue weighted by molar-refractivity contribution is 0.0941. The first-order chi connectivity index (χ1) is 19.0. The second kappa shape index (κ2) is 12.7. The van der Waals surface area contributed by atoms with E-state index in [0.717, 1.165) is 6.07 Å². The number of thiol groups is 3. The molecule has 0 atom stereocenters. The van der Waals surface area contributed by atoms with Crippen LogP contribution in [0.4, 0.5) is 21.6 Å². The second-order valence-electron chi connectivity index (χ2n) is 9.11. The Morgan fingerprint density at radius 3 is 2.44 bits per heavy atom. The minimum atomic E-state index is -4.15. The molecule has 15 heteroatoms. The zero-order valence-corrected chi connectivity index (χ0v) is 25.8. The average Bonchev–Trinajstić information content (AvgIpc) is 2.84. The maximum Gasteiger partial charge on any atom is 0.301 e. The van der Waals surface area contributed by atoms with Gasteiger partial charge in [-0.2, -0.15) is 13.1 Å². The van der Waals surface area contributed by atoms with Gasteiger partial charge in [-0.15, -0.1) is 44.3 Å². The Labute approximate surface area is 253 Å². The molecule has 1 amide bonds. The summed E-state index contributed by atoms with van der Waals surface area (Å²) in [4.78, 5) is 26.7. The monoisotopic (exact) mass is 637 g/mol. The minimum absolute atomic E-state index is 0.0371. The van der Waals surface area contributed by atoms with Crippen molar-refractivity contribution in [1.82, 2.24) is 14.6 Å². The van der Waals surface area contributed by atoms with Crippen molar-refractivity contribution in [3.8, 4) is 23.8 Å². The summed E-state index contributed by atoms with van der Waals surface area (Å²) in [5.41, 5.74) is -0.188. The molecule has 0 aliphatic rings. The molecule has 0 aliphatic carbocycles. The van der Waals surface area contributed by atoms with Gasteiger partial charge in [0.15, 0.2) is 9.28 Å². The Bertz CT molecular complexity index is 1700. The molecule has 4 N–H and O–H groups in total. The van der Waals surface area contributed by atoms with Gasteiger partial charge in [-0.25, -0.2) is 4.39 Å². The van der Waals surface area contributed by atoms with Crippen LogP contribution in [0.5, 0.6) is 11.5 Å². The van der Waals surface area contributed by atoms with Crippen LogP contribution < -0.4 is 30.4 Å². The molecule has 0 saturated carbocycles. The highest BCUT2D eigenvalue weighted by Crippen LogP contribution is 2.35. The van der Waals surface area contributed by atoms with Gasteiger partial charge in [0, 0.05) is 24.7 Å². The Balaban J connectivity index is 2.15. The van der Waals surface area contributed by atoms with Crippen LogP contribution in [0.2, 0.25) is 0 Å². The molecule has 0 fully saturated rings. The van der Waals surface area contributed by atoms with Gasteiger partial charge < -0.3 is 15.4 Å². The third-order valence-corrected chi connectivity index (χ3v) is 7.25. The van der Waals surface area contributed by atoms with Crippen LogP contribution in [0.25, 0.3) is 0 Å². The van der Waals surface area contributed by atoms with Crippen molar-refractivity contribution in [1.29, 1.82) is 0 Å². The number of nitrogens with zero attached hydrogens (tertiary/aromatic N) is 1. The molecular formula is C26H28FN5O5S4. The summed E-state index contributed by atoms with van der Waals surface area (Å²) in [5.74, 6) is 0.955. The first-order valence-electron chi connectivity index (χ1n) is 11.9. The fraction of sp³-hybridized carbons (Fsp3) is 0.231. The van der Waals surface area contributed by atoms with Crippen LogP contribution in [-0.2, 0) is 17.3 Å². The van der Waals surface area contributed by atoms with E-state index in [9.17, 15) is 22.4 Å². The van der Waals surface area contributed by atoms with Crippen molar-refractivity contribution < 1.29 is 22.3 Å². The molecule has 2 aromatic carbocycles. The van der Waals surface area contributed by atoms with Crippen LogP contribution >= 0.6 is 37.9 Å². The van der Waals surface area contributed by atoms with Crippen LogP contribution in [0.1, 0.15) is 35.3 Å². The topological polar surface area (TPSA) is 131 Å². The van der Waals surface area contributed by atoms with Gasteiger partial charge in [0.05, 0.1) is 16.9 Å². The van der Waals surface area contributed by atoms with Crippen LogP contribution in [-0.4, -0.2) is 28.5 Å². The van der Waals surface area contributed by atoms with Crippen LogP contribution in [0, 0.1) is 25.1 Å². The van der Waals surface area contributed by atoms with E-state index in [1.807, 2.05) is 0 Å². The number of carbonyl (C=O) groups excluding carboxylic acids is 1. The molecule has 0 aliphatic heterocycles. The van der Waals surface area contributed by atoms with E-state index in [0.29, 0.717) is 5.56 Å². The van der Waals surface area contributed by atoms with Gasteiger partial charge in [-0.1, -0.05) is 12.0 Å². The van der Waals surface area contributed by atoms with Crippen molar-refractivity contribution in [3.63, 3.8) is 0 Å². The number of hydrogen-bond acceptors (Lipinski definition) is 9. The van der Waals surface area contributed by atoms with Crippen LogP contribution in [0.3, 0.4) is 0 Å². The number of nitrogens with one attached hydrogen (secondary N) is 4. The summed E-state index contributed by atoms with van der Waals surface area (Å²) in [5, 5.41) is 5.60. The number of aromatic nitrogens is 1. The molecule has 3 rings (SSSR count). The van der Waals surface area contributed by atoms with E-state index in [4.69, 9.17) is 11.2 Å². The maximum atomic E-state index is 14.9. The zero-order chi connectivity index (χ0) is 30.7. The third kappa shape index (κ3) is 8.37. The average molecular weight is 638 g/mol. The molecule has 3 aromatic rings. The number of hydrogen-bond donors (Lipinski definition) is 7. The first kappa shape index (κ1) is 32.2. The van der Waals surface area contributed by atoms with Crippen molar-refractivity contribution in [3.05, 3.63) is 75.3 Å². The smallest absolute Gasteiger partial charge is 0.301 e. The molecule has 0 spiro atoms. The van der Waals surface area contributed by atoms with Gasteiger partial charge in [-0.05, 0) is 51.1 Å². The fourth-order valence-corrected chi connectivity index (χ4v) is 5.60. The highest BCUT2D eigenvalue weighted by Gasteiger charge is 2.27. The largest absolute Gasteiger partial charge is 0.456 e. The number of carbonyl (C=O) groups is 1. The van der Waals surface area contributed by atoms with Gasteiger partial charge >= 0.3 is 10.2 Å². The molecule has 10 nitrogen and oxygen atoms in total. The van der Waals surface area contributed by atoms with Crippen molar-refractivity contribution >= 4 is 71.2 Å². The SMILES string of the molecule is C#Cc1ccc(Nc2c(C(=O)NC(C)C)c(Oc3cccc(NS(=O)(=O)NC(S)(S)S)c3)c(C)c(=O)n2C)c(F)c1. The lowest BCUT2D eigenvalue weighted by atomic mass is 10.1. The molecule has 0 radical (unpaired) electrons. The number of rotatable bonds is 10. The normalized spacial score (nSPS) is 11.6. The van der Waals surface area contributed by atoms with E-state index < -0.39 is 31.0 Å². The number of ether oxygens (including phenoxy) is 1. The number of amides is 1. The molecular weight excluding hydrogens is 610 g/mol. The first-order valence-corrected chi connectivity index (χ1v) is 14.7. The number of anilines is 3. The summed E-state index contributed by atoms with van der Waals surface area (Å²) in [6.45, 7) is 4.97. The molecule has 0 saturated heterocycles. The van der Waals surface area contributed by atoms with E-state index in [2.05, 4.69) is 63.9 Å². The predicted molar refractivity (Wildman–Crippen MR) is 169 cm³/mol. The van der Waals surface area contributed by atoms with Gasteiger partial charge in [0.2, 0.25) is 0 Å². The Hall–Kier alpha value is -3.29. The molecule has 0 bridgehead atoms. The zero-order valence-electron chi connectivity index (χ0n) is 22.3. The third-order valence-electron chi connectivity index (χ3n) is 5.38. The Morgan fingerprint density at radius 2 is 1.85 bits per heavy atom. The van der Waals surface area contributed by atoms with Gasteiger partial charge in [0.1, 0.15) is 22.9 Å². The number of terminal acetylenes is 1. The lowest BCUT2D eigenvalue weighted by Gasteiger charge is -2.22. The fourth-order valence-electron chi connectivity index (χ4n) is 3.67. The van der Waals surface area contributed by atoms with E-state index in [1.165, 1.54) is 54.9 Å². The summed E-state index contributed by atoms with van der Waals surface area (Å²) in [7, 11) is -2.72. The Morgan fingerprint density at radius 1 is 1.17 bits per heavy atom. The Kier molecular flexibility index (Phi) is 9.98. The minimum Gasteiger partial charge on any atom is -0.456 e. The van der Waals surface area contributed by atoms with E-state index in [-0.39, 0.29) is 45.9 Å². The number of pyridine rings is 1. The van der Waals surface area contributed by atoms with Crippen molar-refractivity contribution in [2.24, 2.45) is 7.05 Å². The standard InChI is InChI=1S/C26H28FN5O5S4/c1-6-16-10-11-20(19(27)12-16)29-23-21(24(33)28-14(2)3)22(15(4)25(34)32(23)5)37-18-9-7-8-17(13-18)30-41(35,36)31-26(38,39)40/h1,7-14,29-31,38-40H,2-5H3,(H,28,33). The summed E-state index contributed by atoms with van der Waals surface area (Å²) in [6.07, 6.45) is 5.35. The van der Waals surface area contributed by atoms with E-state index >= 15 is 0 Å². The van der Waals surface area contributed by atoms with Crippen molar-refractivity contribution in [2.75, 3.05) is 10.0 Å². The van der Waals surface area contributed by atoms with Gasteiger partial charge in [0.25, 0.3) is 11.5 Å². The van der Waals surface area contributed by atoms with Crippen LogP contribution in [0.15, 0.2) is 47.3 Å². The summed E-state index contributed by atoms with van der Waals surface area (Å²) < 4.78 is 49.6. The highest BCUT2D eigenvalue weighted by atomic mass is 32.2. The molecule has 0 unspecified atom stereocenters. The summed E-state index contributed by atoms with van der Waals surface area (Å²) >= 11 is 11.7. The molecule has 218 valence electrons. The number of benzene rings is 2. The number of halogens is 1. The molecule has 1 aromatic heterocycles. The van der Waals surface area contributed by atoms with E-state index in [1.54, 1.807) is 13.8 Å². The highest BCUT2D eigenvalue weighted by molar-refractivity contribution is 8.17. The predicted octanol–water partition coefficient (Wildman–Crippen LogP) is 4.14. The maximum absolute atomic E-state index is 14.9. The lowest BCUT2D eigenvalue weighted by Crippen LogP contribution is -2.38. The molecule has 41 heavy (non-hydrogen) atoms. The molecule has 1 heterocycles.